The van der Waals surface area contributed by atoms with E-state index in [9.17, 15) is 10.2 Å². The first kappa shape index (κ1) is 8.52. The molecule has 0 heterocycles. The Hall–Kier alpha value is -0.0800. The molecule has 3 aliphatic carbocycles. The maximum absolute atomic E-state index is 10.0. The number of rotatable bonds is 0. The standard InChI is InChI=1S/C10H18O2/c1-9(2)6-4-7(9)10(3,12)8(11)5-6/h6-8,11-12H,4-5H2,1-3H3. The zero-order valence-corrected chi connectivity index (χ0v) is 8.04. The molecule has 2 nitrogen and oxygen atoms in total. The monoisotopic (exact) mass is 170 g/mol. The minimum atomic E-state index is -0.849. The SMILES string of the molecule is CC1(C)C2CC(O)C(C)(O)C1C2. The third kappa shape index (κ3) is 0.775. The van der Waals surface area contributed by atoms with Gasteiger partial charge in [0, 0.05) is 0 Å². The second kappa shape index (κ2) is 2.05. The predicted octanol–water partition coefficient (Wildman–Crippen LogP) is 1.16. The molecule has 3 aliphatic rings. The first-order valence-electron chi connectivity index (χ1n) is 4.77. The summed E-state index contributed by atoms with van der Waals surface area (Å²) in [6, 6.07) is 0. The van der Waals surface area contributed by atoms with Crippen LogP contribution in [0.15, 0.2) is 0 Å². The summed E-state index contributed by atoms with van der Waals surface area (Å²) in [5.41, 5.74) is -0.610. The molecular formula is C10H18O2. The molecule has 3 rings (SSSR count). The fourth-order valence-electron chi connectivity index (χ4n) is 3.15. The molecule has 0 aliphatic heterocycles. The Morgan fingerprint density at radius 1 is 1.17 bits per heavy atom. The third-order valence-corrected chi connectivity index (χ3v) is 4.36. The van der Waals surface area contributed by atoms with Crippen molar-refractivity contribution in [3.8, 4) is 0 Å². The molecule has 0 aromatic rings. The minimum absolute atomic E-state index is 0.239. The summed E-state index contributed by atoms with van der Waals surface area (Å²) in [7, 11) is 0. The molecule has 0 saturated heterocycles. The van der Waals surface area contributed by atoms with E-state index in [0.29, 0.717) is 11.8 Å². The van der Waals surface area contributed by atoms with Crippen molar-refractivity contribution in [2.45, 2.75) is 45.3 Å². The summed E-state index contributed by atoms with van der Waals surface area (Å²) in [4.78, 5) is 0. The van der Waals surface area contributed by atoms with Crippen molar-refractivity contribution in [1.82, 2.24) is 0 Å². The van der Waals surface area contributed by atoms with Crippen LogP contribution in [0.1, 0.15) is 33.6 Å². The molecule has 70 valence electrons. The van der Waals surface area contributed by atoms with E-state index in [4.69, 9.17) is 0 Å². The molecule has 0 aromatic carbocycles. The molecule has 0 spiro atoms. The topological polar surface area (TPSA) is 40.5 Å². The lowest BCUT2D eigenvalue weighted by Gasteiger charge is -2.64. The van der Waals surface area contributed by atoms with Crippen LogP contribution in [-0.2, 0) is 0 Å². The molecule has 2 N–H and O–H groups in total. The van der Waals surface area contributed by atoms with E-state index >= 15 is 0 Å². The van der Waals surface area contributed by atoms with Gasteiger partial charge >= 0.3 is 0 Å². The lowest BCUT2D eigenvalue weighted by Crippen LogP contribution is -2.66. The first-order valence-corrected chi connectivity index (χ1v) is 4.77. The highest BCUT2D eigenvalue weighted by molar-refractivity contribution is 5.12. The molecule has 2 heteroatoms. The van der Waals surface area contributed by atoms with Gasteiger partial charge in [0.25, 0.3) is 0 Å². The van der Waals surface area contributed by atoms with Crippen LogP contribution in [0.25, 0.3) is 0 Å². The van der Waals surface area contributed by atoms with E-state index in [-0.39, 0.29) is 5.41 Å². The van der Waals surface area contributed by atoms with Gasteiger partial charge in [0.05, 0.1) is 11.7 Å². The lowest BCUT2D eigenvalue weighted by molar-refractivity contribution is -0.245. The van der Waals surface area contributed by atoms with Gasteiger partial charge in [-0.1, -0.05) is 13.8 Å². The van der Waals surface area contributed by atoms with E-state index < -0.39 is 11.7 Å². The van der Waals surface area contributed by atoms with Crippen LogP contribution in [0.2, 0.25) is 0 Å². The molecule has 0 radical (unpaired) electrons. The Balaban J connectivity index is 2.27. The van der Waals surface area contributed by atoms with Gasteiger partial charge in [-0.05, 0) is 37.0 Å². The maximum Gasteiger partial charge on any atom is 0.0910 e. The predicted molar refractivity (Wildman–Crippen MR) is 46.6 cm³/mol. The van der Waals surface area contributed by atoms with E-state index in [0.717, 1.165) is 12.8 Å². The van der Waals surface area contributed by atoms with Gasteiger partial charge in [-0.25, -0.2) is 0 Å². The zero-order chi connectivity index (χ0) is 9.15. The van der Waals surface area contributed by atoms with Crippen LogP contribution in [0.4, 0.5) is 0 Å². The highest BCUT2D eigenvalue weighted by Gasteiger charge is 2.62. The van der Waals surface area contributed by atoms with E-state index in [1.807, 2.05) is 0 Å². The molecule has 12 heavy (non-hydrogen) atoms. The summed E-state index contributed by atoms with van der Waals surface area (Å²) in [6.07, 6.45) is 1.36. The van der Waals surface area contributed by atoms with Crippen LogP contribution in [0, 0.1) is 17.3 Å². The lowest BCUT2D eigenvalue weighted by atomic mass is 9.43. The Morgan fingerprint density at radius 2 is 1.75 bits per heavy atom. The van der Waals surface area contributed by atoms with Gasteiger partial charge < -0.3 is 10.2 Å². The normalized spacial score (nSPS) is 56.2. The molecule has 0 amide bonds. The largest absolute Gasteiger partial charge is 0.390 e. The average molecular weight is 170 g/mol. The summed E-state index contributed by atoms with van der Waals surface area (Å²) in [6.45, 7) is 6.18. The smallest absolute Gasteiger partial charge is 0.0910 e. The Kier molecular flexibility index (Phi) is 1.45. The Bertz CT molecular complexity index is 208. The molecule has 4 unspecified atom stereocenters. The highest BCUT2D eigenvalue weighted by Crippen LogP contribution is 2.62. The molecular weight excluding hydrogens is 152 g/mol. The summed E-state index contributed by atoms with van der Waals surface area (Å²) < 4.78 is 0. The van der Waals surface area contributed by atoms with Gasteiger partial charge in [-0.15, -0.1) is 0 Å². The number of hydrogen-bond acceptors (Lipinski definition) is 2. The molecule has 4 atom stereocenters. The van der Waals surface area contributed by atoms with Crippen molar-refractivity contribution in [2.24, 2.45) is 17.3 Å². The maximum atomic E-state index is 10.0. The van der Waals surface area contributed by atoms with E-state index in [1.54, 1.807) is 6.92 Å². The van der Waals surface area contributed by atoms with Crippen LogP contribution >= 0.6 is 0 Å². The fourth-order valence-corrected chi connectivity index (χ4v) is 3.15. The molecule has 3 fully saturated rings. The van der Waals surface area contributed by atoms with Crippen molar-refractivity contribution < 1.29 is 10.2 Å². The van der Waals surface area contributed by atoms with Gasteiger partial charge in [0.1, 0.15) is 0 Å². The van der Waals surface area contributed by atoms with Crippen molar-refractivity contribution in [3.05, 3.63) is 0 Å². The quantitative estimate of drug-likeness (QED) is 0.573. The van der Waals surface area contributed by atoms with Gasteiger partial charge in [-0.3, -0.25) is 0 Å². The summed E-state index contributed by atoms with van der Waals surface area (Å²) in [5, 5.41) is 19.7. The fraction of sp³-hybridized carbons (Fsp3) is 1.00. The van der Waals surface area contributed by atoms with Crippen LogP contribution in [0.3, 0.4) is 0 Å². The van der Waals surface area contributed by atoms with Crippen molar-refractivity contribution in [3.63, 3.8) is 0 Å². The summed E-state index contributed by atoms with van der Waals surface area (Å²) in [5.74, 6) is 0.913. The van der Waals surface area contributed by atoms with Gasteiger partial charge in [-0.2, -0.15) is 0 Å². The Labute approximate surface area is 73.6 Å². The average Bonchev–Trinajstić information content (AvgIpc) is 1.93. The molecule has 2 bridgehead atoms. The van der Waals surface area contributed by atoms with Crippen molar-refractivity contribution >= 4 is 0 Å². The third-order valence-electron chi connectivity index (χ3n) is 4.36. The van der Waals surface area contributed by atoms with Gasteiger partial charge in [0.15, 0.2) is 0 Å². The van der Waals surface area contributed by atoms with Crippen molar-refractivity contribution in [1.29, 1.82) is 0 Å². The second-order valence-electron chi connectivity index (χ2n) is 5.28. The number of aliphatic hydroxyl groups excluding tert-OH is 1. The zero-order valence-electron chi connectivity index (χ0n) is 8.04. The van der Waals surface area contributed by atoms with Crippen LogP contribution in [-0.4, -0.2) is 21.9 Å². The number of fused-ring (bicyclic) bond motifs is 2. The number of hydrogen-bond donors (Lipinski definition) is 2. The summed E-state index contributed by atoms with van der Waals surface area (Å²) >= 11 is 0. The van der Waals surface area contributed by atoms with Crippen molar-refractivity contribution in [2.75, 3.05) is 0 Å². The number of aliphatic hydroxyl groups is 2. The van der Waals surface area contributed by atoms with E-state index in [2.05, 4.69) is 13.8 Å². The minimum Gasteiger partial charge on any atom is -0.390 e. The highest BCUT2D eigenvalue weighted by atomic mass is 16.3. The van der Waals surface area contributed by atoms with Crippen LogP contribution < -0.4 is 0 Å². The van der Waals surface area contributed by atoms with E-state index in [1.165, 1.54) is 0 Å². The van der Waals surface area contributed by atoms with Gasteiger partial charge in [0.2, 0.25) is 0 Å². The first-order chi connectivity index (χ1) is 5.37. The Morgan fingerprint density at radius 3 is 2.08 bits per heavy atom. The molecule has 3 saturated carbocycles. The molecule has 0 aromatic heterocycles. The second-order valence-corrected chi connectivity index (χ2v) is 5.28. The van der Waals surface area contributed by atoms with Crippen LogP contribution in [0.5, 0.6) is 0 Å².